The molecule has 0 bridgehead atoms. The minimum Gasteiger partial charge on any atom is -0.457 e. The minimum atomic E-state index is -0.597. The summed E-state index contributed by atoms with van der Waals surface area (Å²) in [5.74, 6) is 1.77. The number of anilines is 3. The molecule has 2 nitrogen and oxygen atoms in total. The van der Waals surface area contributed by atoms with Gasteiger partial charge in [-0.05, 0) is 119 Å². The van der Waals surface area contributed by atoms with Crippen molar-refractivity contribution in [2.75, 3.05) is 4.90 Å². The fourth-order valence-electron chi connectivity index (χ4n) is 10.8. The van der Waals surface area contributed by atoms with Crippen molar-refractivity contribution in [3.05, 3.63) is 247 Å². The molecule has 0 saturated carbocycles. The Labute approximate surface area is 354 Å². The van der Waals surface area contributed by atoms with Crippen LogP contribution >= 0.6 is 0 Å². The Bertz CT molecular complexity index is 3500. The van der Waals surface area contributed by atoms with E-state index in [1.807, 2.05) is 0 Å². The van der Waals surface area contributed by atoms with Gasteiger partial charge >= 0.3 is 0 Å². The molecule has 11 aromatic carbocycles. The summed E-state index contributed by atoms with van der Waals surface area (Å²) in [6.07, 6.45) is 0. The van der Waals surface area contributed by atoms with Crippen LogP contribution in [0.25, 0.3) is 65.3 Å². The molecule has 0 unspecified atom stereocenters. The molecule has 0 amide bonds. The minimum absolute atomic E-state index is 0.597. The summed E-state index contributed by atoms with van der Waals surface area (Å²) in [6, 6.07) is 82.4. The lowest BCUT2D eigenvalue weighted by molar-refractivity contribution is 0.434. The van der Waals surface area contributed by atoms with Crippen molar-refractivity contribution in [2.24, 2.45) is 0 Å². The van der Waals surface area contributed by atoms with Crippen LogP contribution in [-0.2, 0) is 5.41 Å². The summed E-state index contributed by atoms with van der Waals surface area (Å²) in [5, 5.41) is 9.87. The summed E-state index contributed by atoms with van der Waals surface area (Å²) in [4.78, 5) is 2.49. The first-order valence-electron chi connectivity index (χ1n) is 21.1. The Morgan fingerprint density at radius 1 is 0.328 bits per heavy atom. The Hall–Kier alpha value is -7.94. The first-order chi connectivity index (χ1) is 30.3. The molecule has 61 heavy (non-hydrogen) atoms. The lowest BCUT2D eigenvalue weighted by atomic mass is 9.61. The molecule has 0 radical (unpaired) electrons. The van der Waals surface area contributed by atoms with Crippen LogP contribution in [0.4, 0.5) is 17.1 Å². The molecule has 0 atom stereocenters. The molecule has 2 heteroatoms. The van der Waals surface area contributed by atoms with Gasteiger partial charge in [0.2, 0.25) is 0 Å². The third kappa shape index (κ3) is 4.79. The zero-order valence-electron chi connectivity index (χ0n) is 33.2. The van der Waals surface area contributed by atoms with Gasteiger partial charge in [-0.1, -0.05) is 182 Å². The van der Waals surface area contributed by atoms with Crippen LogP contribution in [0.3, 0.4) is 0 Å². The second-order valence-corrected chi connectivity index (χ2v) is 16.3. The third-order valence-corrected chi connectivity index (χ3v) is 13.3. The number of hydrogen-bond donors (Lipinski definition) is 0. The van der Waals surface area contributed by atoms with Crippen LogP contribution in [-0.4, -0.2) is 0 Å². The Kier molecular flexibility index (Phi) is 7.26. The van der Waals surface area contributed by atoms with Gasteiger partial charge in [0.1, 0.15) is 11.5 Å². The van der Waals surface area contributed by atoms with Gasteiger partial charge in [0.05, 0.1) is 16.8 Å². The molecule has 13 rings (SSSR count). The molecule has 2 aliphatic heterocycles. The van der Waals surface area contributed by atoms with E-state index in [-0.39, 0.29) is 0 Å². The second-order valence-electron chi connectivity index (χ2n) is 16.3. The van der Waals surface area contributed by atoms with Crippen LogP contribution in [0.15, 0.2) is 224 Å². The number of rotatable bonds is 3. The highest BCUT2D eigenvalue weighted by Crippen LogP contribution is 2.63. The average molecular weight is 776 g/mol. The van der Waals surface area contributed by atoms with Gasteiger partial charge < -0.3 is 9.64 Å². The third-order valence-electron chi connectivity index (χ3n) is 13.3. The lowest BCUT2D eigenvalue weighted by Gasteiger charge is -2.48. The van der Waals surface area contributed by atoms with Crippen LogP contribution in [0.2, 0.25) is 0 Å². The zero-order chi connectivity index (χ0) is 40.1. The molecule has 2 heterocycles. The Morgan fingerprint density at radius 2 is 0.852 bits per heavy atom. The van der Waals surface area contributed by atoms with Gasteiger partial charge in [-0.3, -0.25) is 0 Å². The van der Waals surface area contributed by atoms with Gasteiger partial charge in [-0.15, -0.1) is 0 Å². The molecule has 0 aliphatic carbocycles. The number of ether oxygens (including phenoxy) is 1. The standard InChI is InChI=1S/C59H37NO/c1-2-18-40-36-41(33-32-38(40)16-1)57-45-21-5-6-22-46(45)58(44-23-15-19-39-17-3-4-20-43(39)44)47-35-34-42(37-48(47)57)60-53-28-11-7-24-49(53)59(50-25-8-12-29-54(50)60)51-26-9-13-30-55(51)61-56-31-14-10-27-52(56)59/h1-37H. The van der Waals surface area contributed by atoms with E-state index < -0.39 is 5.41 Å². The van der Waals surface area contributed by atoms with E-state index in [9.17, 15) is 0 Å². The fraction of sp³-hybridized carbons (Fsp3) is 0.0169. The number of nitrogens with zero attached hydrogens (tertiary/aromatic N) is 1. The highest BCUT2D eigenvalue weighted by molar-refractivity contribution is 6.24. The van der Waals surface area contributed by atoms with Gasteiger partial charge in [0, 0.05) is 16.8 Å². The molecule has 0 fully saturated rings. The maximum Gasteiger partial charge on any atom is 0.132 e. The van der Waals surface area contributed by atoms with Crippen LogP contribution in [0.1, 0.15) is 22.3 Å². The molecule has 284 valence electrons. The normalized spacial score (nSPS) is 13.5. The first-order valence-corrected chi connectivity index (χ1v) is 21.1. The van der Waals surface area contributed by atoms with E-state index in [0.29, 0.717) is 0 Å². The predicted molar refractivity (Wildman–Crippen MR) is 254 cm³/mol. The molecular formula is C59H37NO. The monoisotopic (exact) mass is 775 g/mol. The first kappa shape index (κ1) is 34.0. The van der Waals surface area contributed by atoms with E-state index in [1.165, 1.54) is 76.5 Å². The number of hydrogen-bond acceptors (Lipinski definition) is 2. The van der Waals surface area contributed by atoms with Crippen molar-refractivity contribution in [1.82, 2.24) is 0 Å². The zero-order valence-corrected chi connectivity index (χ0v) is 33.2. The SMILES string of the molecule is c1ccc2c(c1)Oc1ccccc1C21c2ccccc2N(c2ccc3c(-c4cccc5ccccc45)c4ccccc4c(-c4ccc5ccccc5c4)c3c2)c2ccccc21. The molecule has 1 spiro atoms. The molecule has 2 aliphatic rings. The Balaban J connectivity index is 1.14. The van der Waals surface area contributed by atoms with Gasteiger partial charge in [0.25, 0.3) is 0 Å². The van der Waals surface area contributed by atoms with Crippen molar-refractivity contribution >= 4 is 60.2 Å². The van der Waals surface area contributed by atoms with Crippen molar-refractivity contribution in [2.45, 2.75) is 5.41 Å². The number of benzene rings is 11. The highest BCUT2D eigenvalue weighted by atomic mass is 16.5. The van der Waals surface area contributed by atoms with Crippen molar-refractivity contribution < 1.29 is 4.74 Å². The topological polar surface area (TPSA) is 12.5 Å². The summed E-state index contributed by atoms with van der Waals surface area (Å²) < 4.78 is 6.67. The van der Waals surface area contributed by atoms with Crippen LogP contribution < -0.4 is 9.64 Å². The predicted octanol–water partition coefficient (Wildman–Crippen LogP) is 15.9. The molecule has 11 aromatic rings. The van der Waals surface area contributed by atoms with Crippen molar-refractivity contribution in [1.29, 1.82) is 0 Å². The molecule has 0 aromatic heterocycles. The van der Waals surface area contributed by atoms with E-state index in [0.717, 1.165) is 39.7 Å². The molecule has 0 N–H and O–H groups in total. The molecule has 0 saturated heterocycles. The summed E-state index contributed by atoms with van der Waals surface area (Å²) in [6.45, 7) is 0. The molecular weight excluding hydrogens is 739 g/mol. The van der Waals surface area contributed by atoms with Crippen LogP contribution in [0.5, 0.6) is 11.5 Å². The summed E-state index contributed by atoms with van der Waals surface area (Å²) in [7, 11) is 0. The maximum absolute atomic E-state index is 6.67. The second kappa shape index (κ2) is 13.0. The largest absolute Gasteiger partial charge is 0.457 e. The van der Waals surface area contributed by atoms with Crippen molar-refractivity contribution in [3.63, 3.8) is 0 Å². The summed E-state index contributed by atoms with van der Waals surface area (Å²) >= 11 is 0. The highest BCUT2D eigenvalue weighted by Gasteiger charge is 2.51. The quantitative estimate of drug-likeness (QED) is 0.166. The van der Waals surface area contributed by atoms with Gasteiger partial charge in [-0.25, -0.2) is 0 Å². The lowest BCUT2D eigenvalue weighted by Crippen LogP contribution is -2.39. The summed E-state index contributed by atoms with van der Waals surface area (Å²) in [5.41, 5.74) is 12.5. The van der Waals surface area contributed by atoms with Gasteiger partial charge in [-0.2, -0.15) is 0 Å². The smallest absolute Gasteiger partial charge is 0.132 e. The Morgan fingerprint density at radius 3 is 1.56 bits per heavy atom. The van der Waals surface area contributed by atoms with Gasteiger partial charge in [0.15, 0.2) is 0 Å². The van der Waals surface area contributed by atoms with E-state index in [2.05, 4.69) is 229 Å². The van der Waals surface area contributed by atoms with Crippen LogP contribution in [0, 0.1) is 0 Å². The average Bonchev–Trinajstić information content (AvgIpc) is 3.33. The fourth-order valence-corrected chi connectivity index (χ4v) is 10.8. The number of para-hydroxylation sites is 4. The van der Waals surface area contributed by atoms with E-state index in [4.69, 9.17) is 4.74 Å². The van der Waals surface area contributed by atoms with E-state index >= 15 is 0 Å². The number of fused-ring (bicyclic) bond motifs is 12. The van der Waals surface area contributed by atoms with Crippen molar-refractivity contribution in [3.8, 4) is 33.8 Å². The van der Waals surface area contributed by atoms with E-state index in [1.54, 1.807) is 0 Å². The maximum atomic E-state index is 6.67.